The van der Waals surface area contributed by atoms with Crippen molar-refractivity contribution in [3.05, 3.63) is 70.2 Å². The number of amides is 1. The number of halogens is 2. The Labute approximate surface area is 168 Å². The number of hydrogen-bond acceptors (Lipinski definition) is 5. The number of ketones is 1. The number of thiophene rings is 1. The lowest BCUT2D eigenvalue weighted by atomic mass is 10.1. The van der Waals surface area contributed by atoms with Gasteiger partial charge in [-0.2, -0.15) is 5.10 Å². The van der Waals surface area contributed by atoms with Gasteiger partial charge in [0.25, 0.3) is 0 Å². The highest BCUT2D eigenvalue weighted by molar-refractivity contribution is 7.12. The van der Waals surface area contributed by atoms with Gasteiger partial charge in [0.2, 0.25) is 11.7 Å². The molecule has 0 bridgehead atoms. The molecule has 4 rings (SSSR count). The zero-order chi connectivity index (χ0) is 20.7. The largest absolute Gasteiger partial charge is 0.313 e. The van der Waals surface area contributed by atoms with Crippen molar-refractivity contribution in [3.8, 4) is 11.3 Å². The van der Waals surface area contributed by atoms with Crippen LogP contribution in [0.1, 0.15) is 22.2 Å². The van der Waals surface area contributed by atoms with Gasteiger partial charge in [-0.25, -0.2) is 18.3 Å². The molecule has 3 aromatic heterocycles. The van der Waals surface area contributed by atoms with E-state index in [1.807, 2.05) is 0 Å². The van der Waals surface area contributed by atoms with Crippen molar-refractivity contribution in [2.24, 2.45) is 0 Å². The zero-order valence-electron chi connectivity index (χ0n) is 15.4. The fraction of sp³-hybridized carbons (Fsp3) is 0.100. The smallest absolute Gasteiger partial charge is 0.223 e. The molecule has 0 aliphatic heterocycles. The standard InChI is InChI=1S/C20H14F2N4O2S/c1-11(27)25(2)17-8-12(14(21)9-15(17)22)16-5-6-23-20-13(10-24-26(16)20)19(28)18-4-3-7-29-18/h3-10H,1-2H3. The fourth-order valence-electron chi connectivity index (χ4n) is 2.96. The van der Waals surface area contributed by atoms with Crippen LogP contribution in [0.25, 0.3) is 16.9 Å². The normalized spacial score (nSPS) is 11.0. The topological polar surface area (TPSA) is 67.6 Å². The maximum Gasteiger partial charge on any atom is 0.223 e. The monoisotopic (exact) mass is 412 g/mol. The summed E-state index contributed by atoms with van der Waals surface area (Å²) in [5.41, 5.74) is 0.765. The highest BCUT2D eigenvalue weighted by atomic mass is 32.1. The van der Waals surface area contributed by atoms with E-state index in [1.165, 1.54) is 54.4 Å². The van der Waals surface area contributed by atoms with Crippen molar-refractivity contribution in [2.75, 3.05) is 11.9 Å². The van der Waals surface area contributed by atoms with Gasteiger partial charge in [-0.15, -0.1) is 11.3 Å². The number of anilines is 1. The Morgan fingerprint density at radius 2 is 1.97 bits per heavy atom. The lowest BCUT2D eigenvalue weighted by Gasteiger charge is -2.17. The molecular weight excluding hydrogens is 398 g/mol. The van der Waals surface area contributed by atoms with Crippen LogP contribution in [0.3, 0.4) is 0 Å². The maximum atomic E-state index is 14.6. The first-order valence-corrected chi connectivity index (χ1v) is 9.41. The van der Waals surface area contributed by atoms with Gasteiger partial charge in [-0.05, 0) is 23.6 Å². The molecule has 0 unspecified atom stereocenters. The molecule has 9 heteroatoms. The van der Waals surface area contributed by atoms with Crippen molar-refractivity contribution in [1.82, 2.24) is 14.6 Å². The van der Waals surface area contributed by atoms with Crippen LogP contribution in [0.5, 0.6) is 0 Å². The van der Waals surface area contributed by atoms with Crippen LogP contribution in [0.15, 0.2) is 48.1 Å². The van der Waals surface area contributed by atoms with Crippen molar-refractivity contribution in [3.63, 3.8) is 0 Å². The maximum absolute atomic E-state index is 14.6. The third kappa shape index (κ3) is 3.19. The van der Waals surface area contributed by atoms with E-state index in [9.17, 15) is 18.4 Å². The zero-order valence-corrected chi connectivity index (χ0v) is 16.2. The molecule has 0 spiro atoms. The van der Waals surface area contributed by atoms with Gasteiger partial charge in [0.15, 0.2) is 5.65 Å². The molecule has 0 aliphatic rings. The van der Waals surface area contributed by atoms with Crippen molar-refractivity contribution < 1.29 is 18.4 Å². The lowest BCUT2D eigenvalue weighted by Crippen LogP contribution is -2.24. The van der Waals surface area contributed by atoms with Gasteiger partial charge in [-0.3, -0.25) is 9.59 Å². The first kappa shape index (κ1) is 18.9. The van der Waals surface area contributed by atoms with Crippen LogP contribution in [-0.2, 0) is 4.79 Å². The molecule has 0 aliphatic carbocycles. The van der Waals surface area contributed by atoms with E-state index in [0.717, 1.165) is 11.0 Å². The molecule has 4 aromatic rings. The van der Waals surface area contributed by atoms with E-state index in [1.54, 1.807) is 17.5 Å². The van der Waals surface area contributed by atoms with Crippen LogP contribution in [-0.4, -0.2) is 33.3 Å². The number of nitrogens with zero attached hydrogens (tertiary/aromatic N) is 4. The molecule has 1 amide bonds. The van der Waals surface area contributed by atoms with Gasteiger partial charge in [0.05, 0.1) is 28.0 Å². The molecule has 1 aromatic carbocycles. The van der Waals surface area contributed by atoms with E-state index in [0.29, 0.717) is 4.88 Å². The second-order valence-electron chi connectivity index (χ2n) is 6.29. The van der Waals surface area contributed by atoms with Gasteiger partial charge in [0.1, 0.15) is 11.6 Å². The molecule has 0 saturated carbocycles. The minimum Gasteiger partial charge on any atom is -0.313 e. The summed E-state index contributed by atoms with van der Waals surface area (Å²) in [5, 5.41) is 5.99. The Morgan fingerprint density at radius 1 is 1.17 bits per heavy atom. The van der Waals surface area contributed by atoms with Crippen LogP contribution in [0.4, 0.5) is 14.5 Å². The third-order valence-electron chi connectivity index (χ3n) is 4.54. The number of benzene rings is 1. The van der Waals surface area contributed by atoms with Crippen molar-refractivity contribution >= 4 is 34.4 Å². The summed E-state index contributed by atoms with van der Waals surface area (Å²) in [6.07, 6.45) is 2.80. The average molecular weight is 412 g/mol. The quantitative estimate of drug-likeness (QED) is 0.476. The highest BCUT2D eigenvalue weighted by Crippen LogP contribution is 2.31. The first-order valence-electron chi connectivity index (χ1n) is 8.53. The van der Waals surface area contributed by atoms with Crippen molar-refractivity contribution in [1.29, 1.82) is 0 Å². The molecule has 6 nitrogen and oxygen atoms in total. The highest BCUT2D eigenvalue weighted by Gasteiger charge is 2.21. The SMILES string of the molecule is CC(=O)N(C)c1cc(-c2ccnc3c(C(=O)c4cccs4)cnn23)c(F)cc1F. The third-order valence-corrected chi connectivity index (χ3v) is 5.41. The number of aromatic nitrogens is 3. The van der Waals surface area contributed by atoms with E-state index >= 15 is 0 Å². The van der Waals surface area contributed by atoms with Gasteiger partial charge >= 0.3 is 0 Å². The van der Waals surface area contributed by atoms with Crippen LogP contribution >= 0.6 is 11.3 Å². The molecule has 146 valence electrons. The number of rotatable bonds is 4. The summed E-state index contributed by atoms with van der Waals surface area (Å²) in [6, 6.07) is 6.93. The Balaban J connectivity index is 1.89. The van der Waals surface area contributed by atoms with Gasteiger partial charge in [0, 0.05) is 31.8 Å². The van der Waals surface area contributed by atoms with Crippen molar-refractivity contribution in [2.45, 2.75) is 6.92 Å². The van der Waals surface area contributed by atoms with E-state index < -0.39 is 17.5 Å². The first-order chi connectivity index (χ1) is 13.9. The minimum absolute atomic E-state index is 0.0279. The van der Waals surface area contributed by atoms with Gasteiger partial charge in [-0.1, -0.05) is 6.07 Å². The molecular formula is C20H14F2N4O2S. The number of carbonyl (C=O) groups is 2. The summed E-state index contributed by atoms with van der Waals surface area (Å²) < 4.78 is 30.2. The molecule has 29 heavy (non-hydrogen) atoms. The van der Waals surface area contributed by atoms with Gasteiger partial charge < -0.3 is 4.90 Å². The summed E-state index contributed by atoms with van der Waals surface area (Å²) >= 11 is 1.30. The predicted octanol–water partition coefficient (Wildman–Crippen LogP) is 3.95. The van der Waals surface area contributed by atoms with Crippen LogP contribution in [0.2, 0.25) is 0 Å². The summed E-state index contributed by atoms with van der Waals surface area (Å²) in [4.78, 5) is 30.2. The summed E-state index contributed by atoms with van der Waals surface area (Å²) in [7, 11) is 1.40. The molecule has 0 saturated heterocycles. The van der Waals surface area contributed by atoms with E-state index in [2.05, 4.69) is 10.1 Å². The Morgan fingerprint density at radius 3 is 2.66 bits per heavy atom. The predicted molar refractivity (Wildman–Crippen MR) is 105 cm³/mol. The van der Waals surface area contributed by atoms with E-state index in [4.69, 9.17) is 0 Å². The molecule has 0 atom stereocenters. The minimum atomic E-state index is -0.858. The number of fused-ring (bicyclic) bond motifs is 1. The number of hydrogen-bond donors (Lipinski definition) is 0. The lowest BCUT2D eigenvalue weighted by molar-refractivity contribution is -0.116. The molecule has 0 radical (unpaired) electrons. The number of carbonyl (C=O) groups excluding carboxylic acids is 2. The van der Waals surface area contributed by atoms with E-state index in [-0.39, 0.29) is 33.9 Å². The summed E-state index contributed by atoms with van der Waals surface area (Å²) in [5.74, 6) is -2.32. The second kappa shape index (κ2) is 7.17. The molecule has 3 heterocycles. The second-order valence-corrected chi connectivity index (χ2v) is 7.24. The average Bonchev–Trinajstić information content (AvgIpc) is 3.37. The Hall–Kier alpha value is -3.46. The molecule has 0 N–H and O–H groups in total. The molecule has 0 fully saturated rings. The fourth-order valence-corrected chi connectivity index (χ4v) is 3.63. The van der Waals surface area contributed by atoms with Crippen LogP contribution in [0, 0.1) is 11.6 Å². The Kier molecular flexibility index (Phi) is 4.67. The Bertz CT molecular complexity index is 1250. The van der Waals surface area contributed by atoms with Crippen LogP contribution < -0.4 is 4.90 Å². The summed E-state index contributed by atoms with van der Waals surface area (Å²) in [6.45, 7) is 1.28.